The van der Waals surface area contributed by atoms with Gasteiger partial charge in [-0.3, -0.25) is 0 Å². The second-order valence-electron chi connectivity index (χ2n) is 10.1. The molecule has 0 bridgehead atoms. The van der Waals surface area contributed by atoms with Gasteiger partial charge in [-0.05, 0) is 76.7 Å². The highest BCUT2D eigenvalue weighted by atomic mass is 14.9. The highest BCUT2D eigenvalue weighted by Gasteiger charge is 2.22. The van der Waals surface area contributed by atoms with E-state index < -0.39 is 0 Å². The lowest BCUT2D eigenvalue weighted by atomic mass is 9.83. The summed E-state index contributed by atoms with van der Waals surface area (Å²) in [7, 11) is 3.75. The number of rotatable bonds is 2. The number of aryl methyl sites for hydroxylation is 1. The van der Waals surface area contributed by atoms with Gasteiger partial charge in [0.05, 0.1) is 0 Å². The normalized spacial score (nSPS) is 13.9. The van der Waals surface area contributed by atoms with Gasteiger partial charge in [0.15, 0.2) is 0 Å². The smallest absolute Gasteiger partial charge is 0.0411 e. The highest BCUT2D eigenvalue weighted by molar-refractivity contribution is 5.65. The Labute approximate surface area is 196 Å². The van der Waals surface area contributed by atoms with Crippen LogP contribution in [-0.2, 0) is 0 Å². The minimum Gasteiger partial charge on any atom is -0.384 e. The molecule has 2 N–H and O–H groups in total. The number of nitrogens with one attached hydrogen (secondary N) is 2. The monoisotopic (exact) mass is 430 g/mol. The summed E-state index contributed by atoms with van der Waals surface area (Å²) in [4.78, 5) is 0. The fraction of sp³-hybridized carbons (Fsp3) is 0.655. The van der Waals surface area contributed by atoms with Crippen LogP contribution >= 0.6 is 0 Å². The molecule has 0 amide bonds. The molecule has 2 rings (SSSR count). The molecule has 0 aliphatic carbocycles. The molecule has 0 fully saturated rings. The molecule has 180 valence electrons. The van der Waals surface area contributed by atoms with Crippen molar-refractivity contribution in [2.45, 2.75) is 102 Å². The lowest BCUT2D eigenvalue weighted by Gasteiger charge is -2.22. The first-order valence-corrected chi connectivity index (χ1v) is 12.1. The van der Waals surface area contributed by atoms with Crippen LogP contribution in [0.25, 0.3) is 0 Å². The molecular weight excluding hydrogens is 376 g/mol. The van der Waals surface area contributed by atoms with Crippen LogP contribution in [0, 0.1) is 12.3 Å². The van der Waals surface area contributed by atoms with Crippen molar-refractivity contribution >= 4 is 5.69 Å². The summed E-state index contributed by atoms with van der Waals surface area (Å²) in [5.74, 6) is 1.28. The fourth-order valence-electron chi connectivity index (χ4n) is 3.66. The van der Waals surface area contributed by atoms with Crippen LogP contribution in [0.3, 0.4) is 0 Å². The first kappa shape index (κ1) is 31.6. The van der Waals surface area contributed by atoms with Gasteiger partial charge in [0.1, 0.15) is 0 Å². The summed E-state index contributed by atoms with van der Waals surface area (Å²) in [6.07, 6.45) is 2.29. The number of hydrogen-bond donors (Lipinski definition) is 2. The average molecular weight is 431 g/mol. The summed E-state index contributed by atoms with van der Waals surface area (Å²) in [5.41, 5.74) is 10.3. The first-order chi connectivity index (χ1) is 14.3. The van der Waals surface area contributed by atoms with Crippen molar-refractivity contribution in [1.29, 1.82) is 0 Å². The predicted molar refractivity (Wildman–Crippen MR) is 146 cm³/mol. The zero-order chi connectivity index (χ0) is 24.9. The Hall–Kier alpha value is -1.54. The lowest BCUT2D eigenvalue weighted by Crippen LogP contribution is -2.09. The van der Waals surface area contributed by atoms with Gasteiger partial charge >= 0.3 is 0 Å². The molecule has 1 atom stereocenters. The molecular formula is C29H54N2. The van der Waals surface area contributed by atoms with Crippen molar-refractivity contribution in [3.8, 4) is 0 Å². The van der Waals surface area contributed by atoms with Crippen LogP contribution in [0.15, 0.2) is 34.9 Å². The molecule has 0 aromatic heterocycles. The number of fused-ring (bicyclic) bond motifs is 1. The Morgan fingerprint density at radius 1 is 1.06 bits per heavy atom. The van der Waals surface area contributed by atoms with E-state index in [2.05, 4.69) is 105 Å². The van der Waals surface area contributed by atoms with E-state index >= 15 is 0 Å². The van der Waals surface area contributed by atoms with Gasteiger partial charge in [-0.2, -0.15) is 0 Å². The van der Waals surface area contributed by atoms with E-state index in [0.717, 1.165) is 6.54 Å². The van der Waals surface area contributed by atoms with E-state index in [4.69, 9.17) is 0 Å². The van der Waals surface area contributed by atoms with E-state index in [0.29, 0.717) is 11.8 Å². The Morgan fingerprint density at radius 2 is 1.55 bits per heavy atom. The molecule has 2 nitrogen and oxygen atoms in total. The van der Waals surface area contributed by atoms with Gasteiger partial charge in [0.25, 0.3) is 0 Å². The minimum absolute atomic E-state index is 0.274. The van der Waals surface area contributed by atoms with Gasteiger partial charge < -0.3 is 10.6 Å². The Morgan fingerprint density at radius 3 is 1.87 bits per heavy atom. The second kappa shape index (κ2) is 15.3. The predicted octanol–water partition coefficient (Wildman–Crippen LogP) is 8.84. The third-order valence-corrected chi connectivity index (χ3v) is 4.86. The summed E-state index contributed by atoms with van der Waals surface area (Å²) in [6.45, 7) is 29.5. The molecule has 1 unspecified atom stereocenters. The Kier molecular flexibility index (Phi) is 15.6. The molecule has 0 radical (unpaired) electrons. The molecule has 0 spiro atoms. The average Bonchev–Trinajstić information content (AvgIpc) is 3.01. The summed E-state index contributed by atoms with van der Waals surface area (Å²) in [5, 5.41) is 6.28. The van der Waals surface area contributed by atoms with Gasteiger partial charge in [-0.1, -0.05) is 90.3 Å². The minimum atomic E-state index is 0.274. The number of allylic oxidation sites excluding steroid dienone is 4. The van der Waals surface area contributed by atoms with Crippen LogP contribution in [0.1, 0.15) is 112 Å². The van der Waals surface area contributed by atoms with E-state index in [-0.39, 0.29) is 5.41 Å². The molecule has 1 aliphatic heterocycles. The number of anilines is 1. The van der Waals surface area contributed by atoms with E-state index in [1.54, 1.807) is 0 Å². The van der Waals surface area contributed by atoms with Crippen LogP contribution in [0.4, 0.5) is 5.69 Å². The van der Waals surface area contributed by atoms with E-state index in [9.17, 15) is 0 Å². The summed E-state index contributed by atoms with van der Waals surface area (Å²) in [6, 6.07) is 4.64. The molecule has 1 aliphatic rings. The van der Waals surface area contributed by atoms with Crippen LogP contribution in [-0.4, -0.2) is 20.6 Å². The first-order valence-electron chi connectivity index (χ1n) is 12.1. The maximum atomic E-state index is 3.53. The molecule has 1 aromatic carbocycles. The topological polar surface area (TPSA) is 24.1 Å². The number of hydrogen-bond acceptors (Lipinski definition) is 2. The molecule has 2 heteroatoms. The van der Waals surface area contributed by atoms with Crippen LogP contribution in [0.5, 0.6) is 0 Å². The molecule has 0 saturated heterocycles. The molecule has 1 aromatic rings. The lowest BCUT2D eigenvalue weighted by molar-refractivity contribution is 0.511. The van der Waals surface area contributed by atoms with Gasteiger partial charge in [0.2, 0.25) is 0 Å². The van der Waals surface area contributed by atoms with Gasteiger partial charge in [0, 0.05) is 18.2 Å². The van der Waals surface area contributed by atoms with Crippen molar-refractivity contribution in [2.75, 3.05) is 26.0 Å². The van der Waals surface area contributed by atoms with Crippen molar-refractivity contribution in [3.63, 3.8) is 0 Å². The van der Waals surface area contributed by atoms with Crippen molar-refractivity contribution in [2.24, 2.45) is 5.41 Å². The largest absolute Gasteiger partial charge is 0.384 e. The van der Waals surface area contributed by atoms with Gasteiger partial charge in [-0.15, -0.1) is 0 Å². The number of benzene rings is 1. The molecule has 31 heavy (non-hydrogen) atoms. The Bertz CT molecular complexity index is 692. The third-order valence-electron chi connectivity index (χ3n) is 4.86. The van der Waals surface area contributed by atoms with Crippen LogP contribution < -0.4 is 10.6 Å². The maximum Gasteiger partial charge on any atom is 0.0411 e. The summed E-state index contributed by atoms with van der Waals surface area (Å²) >= 11 is 0. The highest BCUT2D eigenvalue weighted by Crippen LogP contribution is 2.38. The fourth-order valence-corrected chi connectivity index (χ4v) is 3.66. The Balaban J connectivity index is 0. The third kappa shape index (κ3) is 11.6. The standard InChI is InChI=1S/C13H19N.C12H22.C2H7N.C2H6/c1-8(2)11-5-9(3)6-12-10(4)7-14-13(11)12;1-9(2)8-11(10(3)4)12(5,6)7;1-3-2;1-2/h5-6,8,10,14H,7H2,1-4H3;8H,1-7H3;3H,1-2H3;1-2H3. The van der Waals surface area contributed by atoms with E-state index in [1.165, 1.54) is 39.1 Å². The SMILES string of the molecule is CC.CC(C)=CC(=C(C)C)C(C)(C)C.CNC.Cc1cc(C(C)C)c2c(c1)C(C)CN2. The second-order valence-corrected chi connectivity index (χ2v) is 10.1. The molecule has 0 saturated carbocycles. The van der Waals surface area contributed by atoms with Crippen molar-refractivity contribution < 1.29 is 0 Å². The summed E-state index contributed by atoms with van der Waals surface area (Å²) < 4.78 is 0. The van der Waals surface area contributed by atoms with Crippen molar-refractivity contribution in [1.82, 2.24) is 5.32 Å². The molecule has 1 heterocycles. The zero-order valence-corrected chi connectivity index (χ0v) is 23.6. The quantitative estimate of drug-likeness (QED) is 0.458. The van der Waals surface area contributed by atoms with Crippen LogP contribution in [0.2, 0.25) is 0 Å². The maximum absolute atomic E-state index is 3.53. The van der Waals surface area contributed by atoms with E-state index in [1.807, 2.05) is 27.9 Å². The van der Waals surface area contributed by atoms with Gasteiger partial charge in [-0.25, -0.2) is 0 Å². The van der Waals surface area contributed by atoms with Crippen molar-refractivity contribution in [3.05, 3.63) is 51.6 Å². The zero-order valence-electron chi connectivity index (χ0n) is 23.6.